The summed E-state index contributed by atoms with van der Waals surface area (Å²) in [5.41, 5.74) is 1.73. The maximum Gasteiger partial charge on any atom is 0.237 e. The summed E-state index contributed by atoms with van der Waals surface area (Å²) >= 11 is 7.41. The molecule has 0 aliphatic heterocycles. The number of ether oxygens (including phenoxy) is 1. The molecule has 0 saturated carbocycles. The van der Waals surface area contributed by atoms with E-state index in [0.717, 1.165) is 22.6 Å². The summed E-state index contributed by atoms with van der Waals surface area (Å²) in [6.45, 7) is 0.481. The Morgan fingerprint density at radius 2 is 1.91 bits per heavy atom. The minimum Gasteiger partial charge on any atom is -0.497 e. The second kappa shape index (κ2) is 9.51. The summed E-state index contributed by atoms with van der Waals surface area (Å²) in [4.78, 5) is 4.48. The topological polar surface area (TPSA) is 92.0 Å². The van der Waals surface area contributed by atoms with Crippen LogP contribution in [0.25, 0.3) is 22.8 Å². The van der Waals surface area contributed by atoms with Crippen LogP contribution in [-0.4, -0.2) is 32.0 Å². The van der Waals surface area contributed by atoms with Crippen molar-refractivity contribution in [3.8, 4) is 28.5 Å². The molecule has 0 aliphatic carbocycles. The van der Waals surface area contributed by atoms with E-state index < -0.39 is 0 Å². The molecule has 0 radical (unpaired) electrons. The summed E-state index contributed by atoms with van der Waals surface area (Å²) in [6, 6.07) is 18.8. The lowest BCUT2D eigenvalue weighted by Crippen LogP contribution is -2.03. The van der Waals surface area contributed by atoms with Crippen molar-refractivity contribution in [1.29, 1.82) is 0 Å². The second-order valence-corrected chi connectivity index (χ2v) is 8.39. The molecule has 0 unspecified atom stereocenters. The molecule has 0 aliphatic rings. The number of methoxy groups -OCH3 is 1. The maximum absolute atomic E-state index is 5.95. The number of nitrogens with zero attached hydrogens (tertiary/aromatic N) is 5. The van der Waals surface area contributed by atoms with E-state index >= 15 is 0 Å². The summed E-state index contributed by atoms with van der Waals surface area (Å²) in [7, 11) is 1.64. The average molecular weight is 480 g/mol. The third-order valence-electron chi connectivity index (χ3n) is 4.83. The number of hydrogen-bond donors (Lipinski definition) is 0. The Balaban J connectivity index is 1.40. The van der Waals surface area contributed by atoms with Gasteiger partial charge in [0.2, 0.25) is 11.7 Å². The summed E-state index contributed by atoms with van der Waals surface area (Å²) < 4.78 is 18.3. The van der Waals surface area contributed by atoms with Gasteiger partial charge in [0, 0.05) is 16.1 Å². The Morgan fingerprint density at radius 3 is 2.70 bits per heavy atom. The normalized spacial score (nSPS) is 11.1. The lowest BCUT2D eigenvalue weighted by Gasteiger charge is -2.09. The van der Waals surface area contributed by atoms with E-state index in [0.29, 0.717) is 40.0 Å². The summed E-state index contributed by atoms with van der Waals surface area (Å²) in [5.74, 6) is 3.69. The fourth-order valence-corrected chi connectivity index (χ4v) is 4.13. The lowest BCUT2D eigenvalue weighted by atomic mass is 10.2. The quantitative estimate of drug-likeness (QED) is 0.266. The van der Waals surface area contributed by atoms with Gasteiger partial charge in [-0.15, -0.1) is 10.2 Å². The second-order valence-electron chi connectivity index (χ2n) is 7.01. The van der Waals surface area contributed by atoms with Crippen LogP contribution in [0.4, 0.5) is 0 Å². The molecule has 3 aromatic heterocycles. The third kappa shape index (κ3) is 4.79. The van der Waals surface area contributed by atoms with Crippen LogP contribution in [0, 0.1) is 0 Å². The van der Waals surface area contributed by atoms with Crippen LogP contribution in [-0.2, 0) is 12.3 Å². The van der Waals surface area contributed by atoms with Crippen LogP contribution in [0.2, 0.25) is 5.02 Å². The fraction of sp³-hybridized carbons (Fsp3) is 0.130. The minimum absolute atomic E-state index is 0.439. The molecule has 8 nitrogen and oxygen atoms in total. The molecule has 33 heavy (non-hydrogen) atoms. The number of benzene rings is 2. The predicted molar refractivity (Wildman–Crippen MR) is 124 cm³/mol. The number of rotatable bonds is 8. The average Bonchev–Trinajstić information content (AvgIpc) is 3.60. The Labute approximate surface area is 198 Å². The van der Waals surface area contributed by atoms with Crippen LogP contribution in [0.3, 0.4) is 0 Å². The number of hydrogen-bond acceptors (Lipinski definition) is 8. The van der Waals surface area contributed by atoms with E-state index in [1.807, 2.05) is 53.1 Å². The Bertz CT molecular complexity index is 1350. The number of thioether (sulfide) groups is 1. The lowest BCUT2D eigenvalue weighted by molar-refractivity contribution is 0.391. The molecule has 5 aromatic rings. The first-order chi connectivity index (χ1) is 16.2. The Kier molecular flexibility index (Phi) is 6.14. The van der Waals surface area contributed by atoms with Crippen LogP contribution in [0.1, 0.15) is 11.7 Å². The Morgan fingerprint density at radius 1 is 1.03 bits per heavy atom. The Hall–Kier alpha value is -3.56. The standard InChI is InChI=1S/C23H18ClN5O3S/c1-30-18-5-2-4-16(12-18)22-26-27-23(29(22)13-19-6-3-11-31-19)33-14-20-25-21(28-32-20)15-7-9-17(24)10-8-15/h2-12H,13-14H2,1H3. The molecule has 10 heteroatoms. The van der Waals surface area contributed by atoms with Crippen LogP contribution >= 0.6 is 23.4 Å². The molecule has 166 valence electrons. The molecule has 0 saturated heterocycles. The van der Waals surface area contributed by atoms with Gasteiger partial charge in [-0.1, -0.05) is 40.7 Å². The molecule has 0 spiro atoms. The molecule has 3 heterocycles. The molecule has 0 fully saturated rings. The van der Waals surface area contributed by atoms with Gasteiger partial charge >= 0.3 is 0 Å². The van der Waals surface area contributed by atoms with E-state index in [4.69, 9.17) is 25.3 Å². The highest BCUT2D eigenvalue weighted by molar-refractivity contribution is 7.98. The van der Waals surface area contributed by atoms with E-state index in [-0.39, 0.29) is 0 Å². The number of furan rings is 1. The molecule has 2 aromatic carbocycles. The van der Waals surface area contributed by atoms with Crippen molar-refractivity contribution < 1.29 is 13.7 Å². The largest absolute Gasteiger partial charge is 0.497 e. The first-order valence-corrected chi connectivity index (χ1v) is 11.4. The summed E-state index contributed by atoms with van der Waals surface area (Å²) in [6.07, 6.45) is 1.65. The zero-order valence-electron chi connectivity index (χ0n) is 17.5. The molecule has 0 amide bonds. The number of aromatic nitrogens is 5. The van der Waals surface area contributed by atoms with Gasteiger partial charge in [0.05, 0.1) is 25.7 Å². The number of halogens is 1. The monoisotopic (exact) mass is 479 g/mol. The highest BCUT2D eigenvalue weighted by Crippen LogP contribution is 2.29. The molecule has 0 N–H and O–H groups in total. The summed E-state index contributed by atoms with van der Waals surface area (Å²) in [5, 5.41) is 14.3. The zero-order valence-corrected chi connectivity index (χ0v) is 19.1. The van der Waals surface area contributed by atoms with E-state index in [2.05, 4.69) is 20.3 Å². The minimum atomic E-state index is 0.439. The third-order valence-corrected chi connectivity index (χ3v) is 6.04. The SMILES string of the molecule is COc1cccc(-c2nnc(SCc3nc(-c4ccc(Cl)cc4)no3)n2Cc2ccco2)c1. The van der Waals surface area contributed by atoms with Crippen molar-refractivity contribution in [2.75, 3.05) is 7.11 Å². The van der Waals surface area contributed by atoms with Crippen LogP contribution in [0.5, 0.6) is 5.75 Å². The van der Waals surface area contributed by atoms with Crippen molar-refractivity contribution >= 4 is 23.4 Å². The van der Waals surface area contributed by atoms with Crippen molar-refractivity contribution in [2.45, 2.75) is 17.5 Å². The van der Waals surface area contributed by atoms with Gasteiger partial charge in [0.15, 0.2) is 11.0 Å². The molecule has 0 atom stereocenters. The van der Waals surface area contributed by atoms with Crippen molar-refractivity contribution in [1.82, 2.24) is 24.9 Å². The first-order valence-electron chi connectivity index (χ1n) is 10.0. The molecular formula is C23H18ClN5O3S. The smallest absolute Gasteiger partial charge is 0.237 e. The van der Waals surface area contributed by atoms with E-state index in [9.17, 15) is 0 Å². The van der Waals surface area contributed by atoms with Gasteiger partial charge in [-0.3, -0.25) is 4.57 Å². The van der Waals surface area contributed by atoms with E-state index in [1.165, 1.54) is 11.8 Å². The van der Waals surface area contributed by atoms with Crippen molar-refractivity contribution in [2.24, 2.45) is 0 Å². The van der Waals surface area contributed by atoms with Gasteiger partial charge in [0.1, 0.15) is 11.5 Å². The molecule has 5 rings (SSSR count). The van der Waals surface area contributed by atoms with Crippen molar-refractivity contribution in [3.05, 3.63) is 83.6 Å². The van der Waals surface area contributed by atoms with Gasteiger partial charge in [-0.25, -0.2) is 0 Å². The van der Waals surface area contributed by atoms with Crippen LogP contribution in [0.15, 0.2) is 81.0 Å². The van der Waals surface area contributed by atoms with Gasteiger partial charge in [0.25, 0.3) is 0 Å². The molecular weight excluding hydrogens is 462 g/mol. The molecule has 0 bridgehead atoms. The van der Waals surface area contributed by atoms with Gasteiger partial charge in [-0.2, -0.15) is 4.98 Å². The highest BCUT2D eigenvalue weighted by Gasteiger charge is 2.18. The van der Waals surface area contributed by atoms with Gasteiger partial charge in [-0.05, 0) is 48.5 Å². The van der Waals surface area contributed by atoms with Crippen LogP contribution < -0.4 is 4.74 Å². The maximum atomic E-state index is 5.95. The van der Waals surface area contributed by atoms with Crippen molar-refractivity contribution in [3.63, 3.8) is 0 Å². The fourth-order valence-electron chi connectivity index (χ4n) is 3.23. The van der Waals surface area contributed by atoms with Gasteiger partial charge < -0.3 is 13.7 Å². The highest BCUT2D eigenvalue weighted by atomic mass is 35.5. The van der Waals surface area contributed by atoms with E-state index in [1.54, 1.807) is 25.5 Å². The first kappa shape index (κ1) is 21.3. The zero-order chi connectivity index (χ0) is 22.6. The predicted octanol–water partition coefficient (Wildman–Crippen LogP) is 5.59.